The minimum absolute atomic E-state index is 0.0304. The van der Waals surface area contributed by atoms with Gasteiger partial charge < -0.3 is 15.5 Å². The van der Waals surface area contributed by atoms with Gasteiger partial charge in [-0.3, -0.25) is 4.79 Å². The third-order valence-electron chi connectivity index (χ3n) is 6.68. The fourth-order valence-corrected chi connectivity index (χ4v) is 4.22. The second-order valence-corrected chi connectivity index (χ2v) is 10.5. The van der Waals surface area contributed by atoms with E-state index in [1.54, 1.807) is 36.4 Å². The van der Waals surface area contributed by atoms with Crippen LogP contribution in [0.25, 0.3) is 0 Å². The number of hydrogen-bond donors (Lipinski definition) is 3. The Bertz CT molecular complexity index is 947. The fourth-order valence-electron chi connectivity index (χ4n) is 3.89. The summed E-state index contributed by atoms with van der Waals surface area (Å²) in [5, 5.41) is 25.6. The molecule has 2 unspecified atom stereocenters. The van der Waals surface area contributed by atoms with Crippen molar-refractivity contribution in [3.8, 4) is 0 Å². The van der Waals surface area contributed by atoms with E-state index in [0.717, 1.165) is 5.56 Å². The number of aliphatic hydroxyl groups excluding tert-OH is 2. The van der Waals surface area contributed by atoms with Gasteiger partial charge in [-0.05, 0) is 61.1 Å². The molecule has 6 heteroatoms. The number of nitrogens with one attached hydrogen (secondary N) is 1. The summed E-state index contributed by atoms with van der Waals surface area (Å²) < 4.78 is 0. The first kappa shape index (κ1) is 27.4. The SMILES string of the molecule is C=CC[C@@](C)(C[C@H](c1cccc(Cl)c1)C(O)c1ccc(Cl)cc1)C(=O)NC(C)(CO)C(C)C. The highest BCUT2D eigenvalue weighted by atomic mass is 35.5. The van der Waals surface area contributed by atoms with E-state index in [9.17, 15) is 15.0 Å². The van der Waals surface area contributed by atoms with Gasteiger partial charge in [0.2, 0.25) is 5.91 Å². The number of benzene rings is 2. The zero-order valence-electron chi connectivity index (χ0n) is 19.8. The lowest BCUT2D eigenvalue weighted by atomic mass is 9.72. The van der Waals surface area contributed by atoms with Crippen LogP contribution < -0.4 is 5.32 Å². The molecule has 0 aliphatic carbocycles. The molecule has 0 saturated carbocycles. The summed E-state index contributed by atoms with van der Waals surface area (Å²) in [7, 11) is 0. The van der Waals surface area contributed by atoms with E-state index >= 15 is 0 Å². The standard InChI is InChI=1S/C27H35Cl2NO3/c1-6-14-26(4,25(33)30-27(5,17-31)18(2)3)16-23(20-8-7-9-22(29)15-20)24(32)19-10-12-21(28)13-11-19/h6-13,15,18,23-24,31-32H,1,14,16-17H2,2-5H3,(H,30,33)/t23-,24?,26+,27?/m1/s1. The van der Waals surface area contributed by atoms with Gasteiger partial charge in [-0.15, -0.1) is 6.58 Å². The molecule has 2 aromatic rings. The minimum Gasteiger partial charge on any atom is -0.394 e. The molecule has 33 heavy (non-hydrogen) atoms. The lowest BCUT2D eigenvalue weighted by Gasteiger charge is -2.39. The van der Waals surface area contributed by atoms with E-state index in [1.165, 1.54) is 0 Å². The van der Waals surface area contributed by atoms with Crippen LogP contribution in [-0.2, 0) is 4.79 Å². The van der Waals surface area contributed by atoms with Crippen molar-refractivity contribution in [3.05, 3.63) is 82.4 Å². The normalized spacial score (nSPS) is 17.0. The molecule has 3 N–H and O–H groups in total. The van der Waals surface area contributed by atoms with E-state index in [4.69, 9.17) is 23.2 Å². The number of rotatable bonds is 11. The number of carbonyl (C=O) groups is 1. The molecule has 0 spiro atoms. The number of halogens is 2. The molecule has 0 aliphatic heterocycles. The van der Waals surface area contributed by atoms with Crippen molar-refractivity contribution in [2.24, 2.45) is 11.3 Å². The number of aliphatic hydroxyl groups is 2. The molecule has 0 saturated heterocycles. The van der Waals surface area contributed by atoms with Crippen LogP contribution in [0.4, 0.5) is 0 Å². The first-order valence-corrected chi connectivity index (χ1v) is 11.9. The van der Waals surface area contributed by atoms with E-state index < -0.39 is 23.0 Å². The zero-order chi connectivity index (χ0) is 24.8. The summed E-state index contributed by atoms with van der Waals surface area (Å²) in [4.78, 5) is 13.6. The van der Waals surface area contributed by atoms with Gasteiger partial charge in [0.25, 0.3) is 0 Å². The summed E-state index contributed by atoms with van der Waals surface area (Å²) in [6.07, 6.45) is 1.58. The van der Waals surface area contributed by atoms with Crippen molar-refractivity contribution in [1.29, 1.82) is 0 Å². The number of amides is 1. The van der Waals surface area contributed by atoms with Crippen LogP contribution in [0.2, 0.25) is 10.0 Å². The van der Waals surface area contributed by atoms with Crippen molar-refractivity contribution < 1.29 is 15.0 Å². The van der Waals surface area contributed by atoms with Crippen LogP contribution in [0.5, 0.6) is 0 Å². The molecule has 4 atom stereocenters. The highest BCUT2D eigenvalue weighted by molar-refractivity contribution is 6.30. The van der Waals surface area contributed by atoms with E-state index in [-0.39, 0.29) is 18.4 Å². The molecule has 0 heterocycles. The second-order valence-electron chi connectivity index (χ2n) is 9.60. The first-order chi connectivity index (χ1) is 15.5. The number of carbonyl (C=O) groups excluding carboxylic acids is 1. The quantitative estimate of drug-likeness (QED) is 0.322. The van der Waals surface area contributed by atoms with Crippen LogP contribution in [-0.4, -0.2) is 28.3 Å². The monoisotopic (exact) mass is 491 g/mol. The van der Waals surface area contributed by atoms with Crippen LogP contribution >= 0.6 is 23.2 Å². The molecule has 4 nitrogen and oxygen atoms in total. The maximum absolute atomic E-state index is 13.6. The highest BCUT2D eigenvalue weighted by Gasteiger charge is 2.41. The maximum atomic E-state index is 13.6. The Balaban J connectivity index is 2.48. The van der Waals surface area contributed by atoms with Crippen LogP contribution in [0.3, 0.4) is 0 Å². The van der Waals surface area contributed by atoms with E-state index in [1.807, 2.05) is 45.9 Å². The van der Waals surface area contributed by atoms with E-state index in [0.29, 0.717) is 28.5 Å². The molecule has 0 radical (unpaired) electrons. The van der Waals surface area contributed by atoms with Gasteiger partial charge >= 0.3 is 0 Å². The van der Waals surface area contributed by atoms with Gasteiger partial charge in [0, 0.05) is 16.0 Å². The van der Waals surface area contributed by atoms with Gasteiger partial charge in [0.05, 0.1) is 23.7 Å². The van der Waals surface area contributed by atoms with Crippen molar-refractivity contribution in [2.75, 3.05) is 6.61 Å². The Labute approximate surface area is 207 Å². The average Bonchev–Trinajstić information content (AvgIpc) is 2.77. The van der Waals surface area contributed by atoms with Crippen LogP contribution in [0.15, 0.2) is 61.2 Å². The smallest absolute Gasteiger partial charge is 0.226 e. The highest BCUT2D eigenvalue weighted by Crippen LogP contribution is 2.43. The first-order valence-electron chi connectivity index (χ1n) is 11.2. The van der Waals surface area contributed by atoms with Crippen molar-refractivity contribution in [1.82, 2.24) is 5.32 Å². The minimum atomic E-state index is -0.882. The molecule has 2 aromatic carbocycles. The van der Waals surface area contributed by atoms with Gasteiger partial charge in [0.1, 0.15) is 0 Å². The molecule has 0 aliphatic rings. The second kappa shape index (κ2) is 11.5. The summed E-state index contributed by atoms with van der Waals surface area (Å²) in [6.45, 7) is 11.3. The number of allylic oxidation sites excluding steroid dienone is 1. The summed E-state index contributed by atoms with van der Waals surface area (Å²) in [5.41, 5.74) is -0.109. The largest absolute Gasteiger partial charge is 0.394 e. The Hall–Kier alpha value is -1.85. The molecular weight excluding hydrogens is 457 g/mol. The molecule has 2 rings (SSSR count). The predicted octanol–water partition coefficient (Wildman–Crippen LogP) is 6.31. The lowest BCUT2D eigenvalue weighted by molar-refractivity contribution is -0.134. The van der Waals surface area contributed by atoms with E-state index in [2.05, 4.69) is 11.9 Å². The molecular formula is C27H35Cl2NO3. The predicted molar refractivity (Wildman–Crippen MR) is 137 cm³/mol. The fraction of sp³-hybridized carbons (Fsp3) is 0.444. The third-order valence-corrected chi connectivity index (χ3v) is 7.17. The molecule has 180 valence electrons. The molecule has 0 bridgehead atoms. The average molecular weight is 492 g/mol. The van der Waals surface area contributed by atoms with Crippen LogP contribution in [0, 0.1) is 11.3 Å². The summed E-state index contributed by atoms with van der Waals surface area (Å²) >= 11 is 12.3. The Kier molecular flexibility index (Phi) is 9.57. The van der Waals surface area contributed by atoms with Crippen molar-refractivity contribution >= 4 is 29.1 Å². The van der Waals surface area contributed by atoms with Gasteiger partial charge in [-0.2, -0.15) is 0 Å². The zero-order valence-corrected chi connectivity index (χ0v) is 21.3. The summed E-state index contributed by atoms with van der Waals surface area (Å²) in [5.74, 6) is -0.578. The molecule has 1 amide bonds. The van der Waals surface area contributed by atoms with Gasteiger partial charge in [-0.25, -0.2) is 0 Å². The van der Waals surface area contributed by atoms with Gasteiger partial charge in [-0.1, -0.05) is 74.3 Å². The topological polar surface area (TPSA) is 69.6 Å². The lowest BCUT2D eigenvalue weighted by Crippen LogP contribution is -2.56. The Morgan fingerprint density at radius 1 is 1.09 bits per heavy atom. The van der Waals surface area contributed by atoms with Crippen molar-refractivity contribution in [2.45, 2.75) is 58.1 Å². The van der Waals surface area contributed by atoms with Crippen LogP contribution in [0.1, 0.15) is 63.7 Å². The molecule has 0 aromatic heterocycles. The Morgan fingerprint density at radius 3 is 2.24 bits per heavy atom. The number of hydrogen-bond acceptors (Lipinski definition) is 3. The van der Waals surface area contributed by atoms with Gasteiger partial charge in [0.15, 0.2) is 0 Å². The maximum Gasteiger partial charge on any atom is 0.226 e. The Morgan fingerprint density at radius 2 is 1.73 bits per heavy atom. The summed E-state index contributed by atoms with van der Waals surface area (Å²) in [6, 6.07) is 14.4. The van der Waals surface area contributed by atoms with Crippen molar-refractivity contribution in [3.63, 3.8) is 0 Å². The molecule has 0 fully saturated rings. The third kappa shape index (κ3) is 6.83.